The molecule has 0 unspecified atom stereocenters. The van der Waals surface area contributed by atoms with Crippen molar-refractivity contribution < 1.29 is 5.11 Å². The minimum absolute atomic E-state index is 0.0880. The van der Waals surface area contributed by atoms with Crippen molar-refractivity contribution in [2.24, 2.45) is 4.99 Å². The van der Waals surface area contributed by atoms with Crippen LogP contribution in [0.1, 0.15) is 25.0 Å². The number of fused-ring (bicyclic) bond motifs is 1. The number of anilines is 2. The van der Waals surface area contributed by atoms with Gasteiger partial charge in [0.2, 0.25) is 0 Å². The molecule has 0 saturated heterocycles. The lowest BCUT2D eigenvalue weighted by Crippen LogP contribution is -1.95. The van der Waals surface area contributed by atoms with E-state index in [9.17, 15) is 5.11 Å². The molecule has 0 spiro atoms. The van der Waals surface area contributed by atoms with E-state index in [0.717, 1.165) is 34.3 Å². The second-order valence-corrected chi connectivity index (χ2v) is 5.59. The Hall–Kier alpha value is -2.95. The number of benzene rings is 2. The second-order valence-electron chi connectivity index (χ2n) is 5.59. The molecule has 1 aromatic heterocycles. The average Bonchev–Trinajstić information content (AvgIpc) is 2.82. The van der Waals surface area contributed by atoms with Crippen LogP contribution in [0, 0.1) is 0 Å². The van der Waals surface area contributed by atoms with Crippen molar-refractivity contribution in [2.45, 2.75) is 20.3 Å². The summed E-state index contributed by atoms with van der Waals surface area (Å²) in [6.07, 6.45) is 0.886. The maximum absolute atomic E-state index is 10.2. The highest BCUT2D eigenvalue weighted by atomic mass is 16.3. The van der Waals surface area contributed by atoms with Crippen molar-refractivity contribution in [3.05, 3.63) is 47.5 Å². The molecule has 0 bridgehead atoms. The van der Waals surface area contributed by atoms with Crippen LogP contribution in [0.2, 0.25) is 0 Å². The molecule has 0 fully saturated rings. The normalized spacial score (nSPS) is 12.0. The highest BCUT2D eigenvalue weighted by molar-refractivity contribution is 6.13. The molecule has 1 heterocycles. The van der Waals surface area contributed by atoms with Crippen LogP contribution in [0.25, 0.3) is 10.9 Å². The Kier molecular flexibility index (Phi) is 3.70. The largest absolute Gasteiger partial charge is 0.494 e. The molecular formula is C18H20N4O. The summed E-state index contributed by atoms with van der Waals surface area (Å²) in [5, 5.41) is 11.1. The van der Waals surface area contributed by atoms with Crippen LogP contribution in [-0.4, -0.2) is 15.8 Å². The molecule has 0 aliphatic rings. The molecule has 5 heteroatoms. The minimum atomic E-state index is 0.0880. The molecule has 6 N–H and O–H groups in total. The molecule has 0 atom stereocenters. The van der Waals surface area contributed by atoms with E-state index in [-0.39, 0.29) is 5.88 Å². The Morgan fingerprint density at radius 3 is 2.65 bits per heavy atom. The predicted molar refractivity (Wildman–Crippen MR) is 96.5 cm³/mol. The van der Waals surface area contributed by atoms with Gasteiger partial charge in [0, 0.05) is 22.3 Å². The SMILES string of the molecule is CCc1ccc(N=C(C)c2c(O)[nH]c3ccc(N)cc23)cc1N. The number of hydrogen-bond acceptors (Lipinski definition) is 4. The lowest BCUT2D eigenvalue weighted by Gasteiger charge is -2.05. The molecule has 0 aliphatic heterocycles. The third-order valence-corrected chi connectivity index (χ3v) is 3.97. The highest BCUT2D eigenvalue weighted by Crippen LogP contribution is 2.31. The van der Waals surface area contributed by atoms with E-state index in [0.29, 0.717) is 17.0 Å². The summed E-state index contributed by atoms with van der Waals surface area (Å²) in [5.74, 6) is 0.0880. The summed E-state index contributed by atoms with van der Waals surface area (Å²) in [7, 11) is 0. The third-order valence-electron chi connectivity index (χ3n) is 3.97. The van der Waals surface area contributed by atoms with Crippen molar-refractivity contribution >= 4 is 33.7 Å². The zero-order valence-corrected chi connectivity index (χ0v) is 13.2. The van der Waals surface area contributed by atoms with E-state index in [1.165, 1.54) is 0 Å². The fraction of sp³-hybridized carbons (Fsp3) is 0.167. The van der Waals surface area contributed by atoms with Gasteiger partial charge in [-0.05, 0) is 49.2 Å². The Balaban J connectivity index is 2.09. The third kappa shape index (κ3) is 2.73. The van der Waals surface area contributed by atoms with E-state index in [1.54, 1.807) is 6.07 Å². The summed E-state index contributed by atoms with van der Waals surface area (Å²) in [6.45, 7) is 3.92. The summed E-state index contributed by atoms with van der Waals surface area (Å²) < 4.78 is 0. The number of aliphatic imine (C=N–C) groups is 1. The molecule has 3 rings (SSSR count). The first kappa shape index (κ1) is 15.0. The molecule has 2 aromatic carbocycles. The number of aromatic nitrogens is 1. The lowest BCUT2D eigenvalue weighted by atomic mass is 10.1. The second kappa shape index (κ2) is 5.68. The van der Waals surface area contributed by atoms with E-state index in [1.807, 2.05) is 37.3 Å². The minimum Gasteiger partial charge on any atom is -0.494 e. The van der Waals surface area contributed by atoms with Crippen LogP contribution >= 0.6 is 0 Å². The van der Waals surface area contributed by atoms with Crippen LogP contribution in [0.5, 0.6) is 5.88 Å². The van der Waals surface area contributed by atoms with Crippen LogP contribution in [-0.2, 0) is 6.42 Å². The molecule has 23 heavy (non-hydrogen) atoms. The average molecular weight is 308 g/mol. The van der Waals surface area contributed by atoms with Gasteiger partial charge in [0.15, 0.2) is 5.88 Å². The van der Waals surface area contributed by atoms with Crippen molar-refractivity contribution in [3.63, 3.8) is 0 Å². The Morgan fingerprint density at radius 2 is 1.96 bits per heavy atom. The first-order chi connectivity index (χ1) is 11.0. The summed E-state index contributed by atoms with van der Waals surface area (Å²) in [5.41, 5.74) is 17.3. The molecule has 3 aromatic rings. The van der Waals surface area contributed by atoms with Gasteiger partial charge in [-0.1, -0.05) is 13.0 Å². The summed E-state index contributed by atoms with van der Waals surface area (Å²) in [6, 6.07) is 11.2. The zero-order chi connectivity index (χ0) is 16.6. The van der Waals surface area contributed by atoms with Gasteiger partial charge in [-0.15, -0.1) is 0 Å². The number of nitrogens with zero attached hydrogens (tertiary/aromatic N) is 1. The van der Waals surface area contributed by atoms with Gasteiger partial charge in [0.25, 0.3) is 0 Å². The molecule has 5 nitrogen and oxygen atoms in total. The Labute approximate surface area is 134 Å². The number of hydrogen-bond donors (Lipinski definition) is 4. The standard InChI is InChI=1S/C18H20N4O/c1-3-11-4-6-13(9-15(11)20)21-10(2)17-14-8-12(19)5-7-16(14)22-18(17)23/h4-9,22-23H,3,19-20H2,1-2H3. The lowest BCUT2D eigenvalue weighted by molar-refractivity contribution is 0.457. The summed E-state index contributed by atoms with van der Waals surface area (Å²) >= 11 is 0. The van der Waals surface area contributed by atoms with Gasteiger partial charge >= 0.3 is 0 Å². The van der Waals surface area contributed by atoms with Crippen molar-refractivity contribution in [2.75, 3.05) is 11.5 Å². The number of rotatable bonds is 3. The molecular weight excluding hydrogens is 288 g/mol. The number of nitrogens with two attached hydrogens (primary N) is 2. The van der Waals surface area contributed by atoms with Crippen LogP contribution < -0.4 is 11.5 Å². The number of H-pyrrole nitrogens is 1. The fourth-order valence-electron chi connectivity index (χ4n) is 2.78. The van der Waals surface area contributed by atoms with E-state index in [4.69, 9.17) is 11.5 Å². The maximum atomic E-state index is 10.2. The van der Waals surface area contributed by atoms with E-state index < -0.39 is 0 Å². The van der Waals surface area contributed by atoms with E-state index in [2.05, 4.69) is 16.9 Å². The molecule has 0 radical (unpaired) electrons. The van der Waals surface area contributed by atoms with Crippen LogP contribution in [0.3, 0.4) is 0 Å². The van der Waals surface area contributed by atoms with Gasteiger partial charge in [0.05, 0.1) is 17.0 Å². The summed E-state index contributed by atoms with van der Waals surface area (Å²) in [4.78, 5) is 7.54. The van der Waals surface area contributed by atoms with Crippen molar-refractivity contribution in [1.29, 1.82) is 0 Å². The van der Waals surface area contributed by atoms with E-state index >= 15 is 0 Å². The quantitative estimate of drug-likeness (QED) is 0.438. The first-order valence-electron chi connectivity index (χ1n) is 7.53. The maximum Gasteiger partial charge on any atom is 0.198 e. The van der Waals surface area contributed by atoms with Crippen LogP contribution in [0.15, 0.2) is 41.4 Å². The Bertz CT molecular complexity index is 909. The van der Waals surface area contributed by atoms with Gasteiger partial charge < -0.3 is 21.6 Å². The number of aromatic amines is 1. The highest BCUT2D eigenvalue weighted by Gasteiger charge is 2.14. The monoisotopic (exact) mass is 308 g/mol. The molecule has 0 saturated carbocycles. The van der Waals surface area contributed by atoms with Crippen LogP contribution in [0.4, 0.5) is 17.1 Å². The number of aromatic hydroxyl groups is 1. The van der Waals surface area contributed by atoms with Gasteiger partial charge in [0.1, 0.15) is 0 Å². The number of nitrogens with one attached hydrogen (secondary N) is 1. The number of nitrogen functional groups attached to an aromatic ring is 2. The predicted octanol–water partition coefficient (Wildman–Crippen LogP) is 3.74. The topological polar surface area (TPSA) is 100 Å². The smallest absolute Gasteiger partial charge is 0.198 e. The number of aryl methyl sites for hydroxylation is 1. The fourth-order valence-corrected chi connectivity index (χ4v) is 2.78. The molecule has 0 aliphatic carbocycles. The zero-order valence-electron chi connectivity index (χ0n) is 13.2. The molecule has 0 amide bonds. The van der Waals surface area contributed by atoms with Gasteiger partial charge in [-0.25, -0.2) is 0 Å². The molecule has 118 valence electrons. The van der Waals surface area contributed by atoms with Crippen molar-refractivity contribution in [3.8, 4) is 5.88 Å². The van der Waals surface area contributed by atoms with Gasteiger partial charge in [-0.2, -0.15) is 0 Å². The first-order valence-corrected chi connectivity index (χ1v) is 7.53. The Morgan fingerprint density at radius 1 is 1.17 bits per heavy atom. The van der Waals surface area contributed by atoms with Crippen molar-refractivity contribution in [1.82, 2.24) is 4.98 Å². The van der Waals surface area contributed by atoms with Gasteiger partial charge in [-0.3, -0.25) is 4.99 Å².